The van der Waals surface area contributed by atoms with Crippen molar-refractivity contribution in [2.24, 2.45) is 0 Å². The quantitative estimate of drug-likeness (QED) is 0.698. The van der Waals surface area contributed by atoms with Crippen molar-refractivity contribution >= 4 is 0 Å². The van der Waals surface area contributed by atoms with Crippen molar-refractivity contribution in [1.82, 2.24) is 5.32 Å². The highest BCUT2D eigenvalue weighted by molar-refractivity contribution is 5.39. The average Bonchev–Trinajstić information content (AvgIpc) is 2.40. The summed E-state index contributed by atoms with van der Waals surface area (Å²) in [6.45, 7) is 7.03. The zero-order valence-electron chi connectivity index (χ0n) is 12.9. The van der Waals surface area contributed by atoms with Crippen LogP contribution >= 0.6 is 0 Å². The highest BCUT2D eigenvalue weighted by atomic mass is 19.4. The second-order valence-corrected chi connectivity index (χ2v) is 5.28. The van der Waals surface area contributed by atoms with Crippen LogP contribution in [0, 0.1) is 6.92 Å². The highest BCUT2D eigenvalue weighted by Crippen LogP contribution is 2.27. The van der Waals surface area contributed by atoms with Gasteiger partial charge in [0.05, 0.1) is 6.61 Å². The molecule has 0 aliphatic rings. The molecule has 0 fully saturated rings. The summed E-state index contributed by atoms with van der Waals surface area (Å²) in [6, 6.07) is 5.96. The Kier molecular flexibility index (Phi) is 7.02. The first-order valence-corrected chi connectivity index (χ1v) is 7.37. The van der Waals surface area contributed by atoms with E-state index in [-0.39, 0.29) is 19.1 Å². The number of hydrogen-bond acceptors (Lipinski definition) is 2. The molecule has 1 unspecified atom stereocenters. The Bertz CT molecular complexity index is 432. The standard InChI is InChI=1S/C16H24F3NO/c1-4-9-20-13(3)14-7-6-12(2)11-15(14)21-10-5-8-16(17,18)19/h6-7,11,13,20H,4-5,8-10H2,1-3H3. The van der Waals surface area contributed by atoms with E-state index in [1.54, 1.807) is 0 Å². The Morgan fingerprint density at radius 1 is 1.29 bits per heavy atom. The van der Waals surface area contributed by atoms with Crippen molar-refractivity contribution in [1.29, 1.82) is 0 Å². The third-order valence-electron chi connectivity index (χ3n) is 3.20. The van der Waals surface area contributed by atoms with Crippen LogP contribution in [0.4, 0.5) is 13.2 Å². The molecular weight excluding hydrogens is 279 g/mol. The topological polar surface area (TPSA) is 21.3 Å². The van der Waals surface area contributed by atoms with Crippen LogP contribution in [-0.4, -0.2) is 19.3 Å². The minimum atomic E-state index is -4.12. The summed E-state index contributed by atoms with van der Waals surface area (Å²) < 4.78 is 42.0. The van der Waals surface area contributed by atoms with Gasteiger partial charge in [0.1, 0.15) is 5.75 Å². The van der Waals surface area contributed by atoms with E-state index in [0.29, 0.717) is 5.75 Å². The van der Waals surface area contributed by atoms with Crippen molar-refractivity contribution in [3.63, 3.8) is 0 Å². The molecule has 0 bridgehead atoms. The van der Waals surface area contributed by atoms with Crippen LogP contribution in [-0.2, 0) is 0 Å². The molecule has 0 amide bonds. The minimum absolute atomic E-state index is 0.0202. The smallest absolute Gasteiger partial charge is 0.389 e. The van der Waals surface area contributed by atoms with Gasteiger partial charge in [-0.25, -0.2) is 0 Å². The van der Waals surface area contributed by atoms with Gasteiger partial charge in [0.15, 0.2) is 0 Å². The predicted octanol–water partition coefficient (Wildman–Crippen LogP) is 4.78. The lowest BCUT2D eigenvalue weighted by molar-refractivity contribution is -0.136. The van der Waals surface area contributed by atoms with E-state index in [4.69, 9.17) is 4.74 Å². The molecule has 0 saturated carbocycles. The summed E-state index contributed by atoms with van der Waals surface area (Å²) in [5.41, 5.74) is 2.02. The molecule has 5 heteroatoms. The molecule has 2 nitrogen and oxygen atoms in total. The van der Waals surface area contributed by atoms with Crippen LogP contribution in [0.1, 0.15) is 50.3 Å². The normalized spacial score (nSPS) is 13.2. The second kappa shape index (κ2) is 8.27. The molecule has 1 aromatic carbocycles. The van der Waals surface area contributed by atoms with E-state index in [1.807, 2.05) is 32.0 Å². The lowest BCUT2D eigenvalue weighted by Gasteiger charge is -2.19. The van der Waals surface area contributed by atoms with Gasteiger partial charge in [-0.15, -0.1) is 0 Å². The van der Waals surface area contributed by atoms with Crippen LogP contribution in [0.5, 0.6) is 5.75 Å². The number of alkyl halides is 3. The van der Waals surface area contributed by atoms with Crippen LogP contribution in [0.3, 0.4) is 0 Å². The lowest BCUT2D eigenvalue weighted by atomic mass is 10.0. The molecule has 0 radical (unpaired) electrons. The maximum absolute atomic E-state index is 12.1. The lowest BCUT2D eigenvalue weighted by Crippen LogP contribution is -2.20. The van der Waals surface area contributed by atoms with Crippen molar-refractivity contribution in [3.05, 3.63) is 29.3 Å². The Balaban J connectivity index is 2.64. The number of rotatable bonds is 8. The minimum Gasteiger partial charge on any atom is -0.493 e. The third-order valence-corrected chi connectivity index (χ3v) is 3.20. The molecule has 0 aliphatic heterocycles. The van der Waals surface area contributed by atoms with Gasteiger partial charge in [-0.2, -0.15) is 13.2 Å². The Morgan fingerprint density at radius 3 is 2.62 bits per heavy atom. The van der Waals surface area contributed by atoms with Gasteiger partial charge < -0.3 is 10.1 Å². The van der Waals surface area contributed by atoms with Gasteiger partial charge in [0.25, 0.3) is 0 Å². The zero-order chi connectivity index (χ0) is 15.9. The average molecular weight is 303 g/mol. The number of nitrogens with one attached hydrogen (secondary N) is 1. The van der Waals surface area contributed by atoms with Crippen LogP contribution < -0.4 is 10.1 Å². The molecule has 21 heavy (non-hydrogen) atoms. The fourth-order valence-corrected chi connectivity index (χ4v) is 2.05. The largest absolute Gasteiger partial charge is 0.493 e. The Hall–Kier alpha value is -1.23. The summed E-state index contributed by atoms with van der Waals surface area (Å²) in [5.74, 6) is 0.674. The molecule has 1 atom stereocenters. The zero-order valence-corrected chi connectivity index (χ0v) is 12.9. The molecule has 1 aromatic rings. The number of hydrogen-bond donors (Lipinski definition) is 1. The number of benzene rings is 1. The van der Waals surface area contributed by atoms with Gasteiger partial charge in [-0.05, 0) is 44.9 Å². The highest BCUT2D eigenvalue weighted by Gasteiger charge is 2.26. The third kappa shape index (κ3) is 6.85. The van der Waals surface area contributed by atoms with E-state index >= 15 is 0 Å². The van der Waals surface area contributed by atoms with E-state index in [2.05, 4.69) is 12.2 Å². The van der Waals surface area contributed by atoms with Crippen molar-refractivity contribution < 1.29 is 17.9 Å². The predicted molar refractivity (Wildman–Crippen MR) is 78.7 cm³/mol. The van der Waals surface area contributed by atoms with Crippen LogP contribution in [0.2, 0.25) is 0 Å². The molecular formula is C16H24F3NO. The molecule has 1 N–H and O–H groups in total. The van der Waals surface area contributed by atoms with Crippen LogP contribution in [0.15, 0.2) is 18.2 Å². The molecule has 0 aromatic heterocycles. The molecule has 0 spiro atoms. The number of aryl methyl sites for hydroxylation is 1. The molecule has 0 aliphatic carbocycles. The van der Waals surface area contributed by atoms with E-state index < -0.39 is 12.6 Å². The van der Waals surface area contributed by atoms with E-state index in [1.165, 1.54) is 0 Å². The van der Waals surface area contributed by atoms with Crippen molar-refractivity contribution in [3.8, 4) is 5.75 Å². The van der Waals surface area contributed by atoms with Gasteiger partial charge >= 0.3 is 6.18 Å². The SMILES string of the molecule is CCCNC(C)c1ccc(C)cc1OCCCC(F)(F)F. The first-order valence-electron chi connectivity index (χ1n) is 7.37. The second-order valence-electron chi connectivity index (χ2n) is 5.28. The summed E-state index contributed by atoms with van der Waals surface area (Å²) in [6.07, 6.45) is -3.92. The monoisotopic (exact) mass is 303 g/mol. The molecule has 120 valence electrons. The van der Waals surface area contributed by atoms with Gasteiger partial charge in [0.2, 0.25) is 0 Å². The Morgan fingerprint density at radius 2 is 2.00 bits per heavy atom. The molecule has 0 saturated heterocycles. The van der Waals surface area contributed by atoms with Crippen LogP contribution in [0.25, 0.3) is 0 Å². The fraction of sp³-hybridized carbons (Fsp3) is 0.625. The van der Waals surface area contributed by atoms with E-state index in [0.717, 1.165) is 24.1 Å². The molecule has 0 heterocycles. The number of halogens is 3. The summed E-state index contributed by atoms with van der Waals surface area (Å²) in [4.78, 5) is 0. The maximum Gasteiger partial charge on any atom is 0.389 e. The number of ether oxygens (including phenoxy) is 1. The summed E-state index contributed by atoms with van der Waals surface area (Å²) in [5, 5.41) is 3.36. The Labute approximate surface area is 124 Å². The van der Waals surface area contributed by atoms with Gasteiger partial charge in [-0.3, -0.25) is 0 Å². The van der Waals surface area contributed by atoms with E-state index in [9.17, 15) is 13.2 Å². The van der Waals surface area contributed by atoms with Gasteiger partial charge in [-0.1, -0.05) is 19.1 Å². The first-order chi connectivity index (χ1) is 9.83. The maximum atomic E-state index is 12.1. The fourth-order valence-electron chi connectivity index (χ4n) is 2.05. The van der Waals surface area contributed by atoms with Crippen molar-refractivity contribution in [2.75, 3.05) is 13.2 Å². The molecule has 1 rings (SSSR count). The van der Waals surface area contributed by atoms with Crippen molar-refractivity contribution in [2.45, 2.75) is 52.3 Å². The first kappa shape index (κ1) is 17.8. The summed E-state index contributed by atoms with van der Waals surface area (Å²) in [7, 11) is 0. The summed E-state index contributed by atoms with van der Waals surface area (Å²) >= 11 is 0. The van der Waals surface area contributed by atoms with Gasteiger partial charge in [0, 0.05) is 18.0 Å².